The zero-order valence-electron chi connectivity index (χ0n) is 15.3. The van der Waals surface area contributed by atoms with Crippen LogP contribution in [-0.4, -0.2) is 39.4 Å². The van der Waals surface area contributed by atoms with Gasteiger partial charge >= 0.3 is 5.97 Å². The van der Waals surface area contributed by atoms with Gasteiger partial charge in [-0.1, -0.05) is 18.2 Å². The molecule has 1 aliphatic heterocycles. The van der Waals surface area contributed by atoms with E-state index >= 15 is 0 Å². The van der Waals surface area contributed by atoms with Gasteiger partial charge in [-0.15, -0.1) is 0 Å². The Morgan fingerprint density at radius 1 is 1.14 bits per heavy atom. The van der Waals surface area contributed by atoms with Crippen molar-refractivity contribution in [3.8, 4) is 11.5 Å². The van der Waals surface area contributed by atoms with E-state index in [1.807, 2.05) is 0 Å². The monoisotopic (exact) mass is 405 g/mol. The number of hydrogen-bond donors (Lipinski definition) is 1. The van der Waals surface area contributed by atoms with Crippen molar-refractivity contribution in [1.29, 1.82) is 0 Å². The summed E-state index contributed by atoms with van der Waals surface area (Å²) in [6.45, 7) is 1.78. The van der Waals surface area contributed by atoms with Crippen LogP contribution in [0.5, 0.6) is 11.5 Å². The molecule has 3 rings (SSSR count). The number of ether oxygens (including phenoxy) is 3. The molecule has 0 fully saturated rings. The molecule has 28 heavy (non-hydrogen) atoms. The number of sulfone groups is 1. The van der Waals surface area contributed by atoms with Crippen LogP contribution in [0.25, 0.3) is 0 Å². The lowest BCUT2D eigenvalue weighted by molar-refractivity contribution is -0.129. The highest BCUT2D eigenvalue weighted by atomic mass is 32.2. The Bertz CT molecular complexity index is 1020. The largest absolute Gasteiger partial charge is 0.454 e. The molecule has 2 aromatic rings. The number of rotatable bonds is 6. The fourth-order valence-electron chi connectivity index (χ4n) is 2.62. The van der Waals surface area contributed by atoms with E-state index in [1.54, 1.807) is 18.2 Å². The second-order valence-electron chi connectivity index (χ2n) is 6.22. The standard InChI is InChI=1S/C19H19NO7S/c1-12(27-19(22)14-5-3-4-6-17(14)28(2,23)24)18(21)20-10-13-7-8-15-16(9-13)26-11-25-15/h3-9,12H,10-11H2,1-2H3,(H,20,21)/t12-/m0/s1. The molecule has 1 atom stereocenters. The second-order valence-corrected chi connectivity index (χ2v) is 8.21. The zero-order valence-corrected chi connectivity index (χ0v) is 16.1. The van der Waals surface area contributed by atoms with Crippen molar-refractivity contribution in [2.45, 2.75) is 24.5 Å². The van der Waals surface area contributed by atoms with Gasteiger partial charge in [0.2, 0.25) is 6.79 Å². The molecule has 0 spiro atoms. The average molecular weight is 405 g/mol. The third-order valence-electron chi connectivity index (χ3n) is 4.06. The number of nitrogens with one attached hydrogen (secondary N) is 1. The van der Waals surface area contributed by atoms with Gasteiger partial charge in [-0.3, -0.25) is 4.79 Å². The normalized spacial score (nSPS) is 13.6. The first-order valence-corrected chi connectivity index (χ1v) is 10.3. The molecule has 2 aromatic carbocycles. The van der Waals surface area contributed by atoms with Gasteiger partial charge in [0.1, 0.15) is 0 Å². The van der Waals surface area contributed by atoms with E-state index in [0.29, 0.717) is 11.5 Å². The Morgan fingerprint density at radius 2 is 1.86 bits per heavy atom. The molecule has 0 radical (unpaired) electrons. The van der Waals surface area contributed by atoms with Crippen LogP contribution in [0.1, 0.15) is 22.8 Å². The Labute approximate surface area is 162 Å². The summed E-state index contributed by atoms with van der Waals surface area (Å²) in [6, 6.07) is 11.0. The van der Waals surface area contributed by atoms with E-state index in [1.165, 1.54) is 31.2 Å². The van der Waals surface area contributed by atoms with Gasteiger partial charge in [0.05, 0.1) is 10.5 Å². The lowest BCUT2D eigenvalue weighted by atomic mass is 10.2. The van der Waals surface area contributed by atoms with Crippen molar-refractivity contribution in [3.05, 3.63) is 53.6 Å². The molecule has 8 nitrogen and oxygen atoms in total. The van der Waals surface area contributed by atoms with E-state index in [9.17, 15) is 18.0 Å². The van der Waals surface area contributed by atoms with Crippen LogP contribution in [-0.2, 0) is 25.9 Å². The predicted octanol–water partition coefficient (Wildman–Crippen LogP) is 1.68. The Balaban J connectivity index is 1.61. The molecule has 1 amide bonds. The second kappa shape index (κ2) is 7.89. The molecule has 148 valence electrons. The van der Waals surface area contributed by atoms with Crippen molar-refractivity contribution in [3.63, 3.8) is 0 Å². The molecule has 0 aliphatic carbocycles. The number of carbonyl (C=O) groups is 2. The highest BCUT2D eigenvalue weighted by molar-refractivity contribution is 7.90. The van der Waals surface area contributed by atoms with E-state index in [0.717, 1.165) is 11.8 Å². The number of hydrogen-bond acceptors (Lipinski definition) is 7. The van der Waals surface area contributed by atoms with Crippen LogP contribution in [0.4, 0.5) is 0 Å². The first kappa shape index (κ1) is 19.7. The fourth-order valence-corrected chi connectivity index (χ4v) is 3.50. The SMILES string of the molecule is C[C@H](OC(=O)c1ccccc1S(C)(=O)=O)C(=O)NCc1ccc2c(c1)OCO2. The molecule has 0 aromatic heterocycles. The minimum Gasteiger partial charge on any atom is -0.454 e. The van der Waals surface area contributed by atoms with E-state index in [4.69, 9.17) is 14.2 Å². The summed E-state index contributed by atoms with van der Waals surface area (Å²) in [4.78, 5) is 24.4. The molecular weight excluding hydrogens is 386 g/mol. The molecule has 0 unspecified atom stereocenters. The number of carbonyl (C=O) groups excluding carboxylic acids is 2. The maximum absolute atomic E-state index is 12.3. The number of amides is 1. The average Bonchev–Trinajstić information content (AvgIpc) is 3.13. The first-order chi connectivity index (χ1) is 13.3. The molecule has 0 saturated heterocycles. The van der Waals surface area contributed by atoms with Crippen LogP contribution in [0, 0.1) is 0 Å². The van der Waals surface area contributed by atoms with Crippen LogP contribution in [0.2, 0.25) is 0 Å². The van der Waals surface area contributed by atoms with E-state index < -0.39 is 27.8 Å². The van der Waals surface area contributed by atoms with Gasteiger partial charge in [-0.2, -0.15) is 0 Å². The van der Waals surface area contributed by atoms with Crippen LogP contribution in [0.15, 0.2) is 47.4 Å². The van der Waals surface area contributed by atoms with Gasteiger partial charge in [0.15, 0.2) is 27.4 Å². The smallest absolute Gasteiger partial charge is 0.340 e. The maximum atomic E-state index is 12.3. The van der Waals surface area contributed by atoms with E-state index in [-0.39, 0.29) is 23.8 Å². The molecular formula is C19H19NO7S. The van der Waals surface area contributed by atoms with Crippen molar-refractivity contribution in [1.82, 2.24) is 5.32 Å². The molecule has 1 N–H and O–H groups in total. The van der Waals surface area contributed by atoms with E-state index in [2.05, 4.69) is 5.32 Å². The Kier molecular flexibility index (Phi) is 5.55. The molecule has 9 heteroatoms. The predicted molar refractivity (Wildman–Crippen MR) is 98.8 cm³/mol. The van der Waals surface area contributed by atoms with Crippen LogP contribution < -0.4 is 14.8 Å². The minimum absolute atomic E-state index is 0.111. The van der Waals surface area contributed by atoms with Gasteiger partial charge in [-0.25, -0.2) is 13.2 Å². The van der Waals surface area contributed by atoms with Crippen LogP contribution >= 0.6 is 0 Å². The summed E-state index contributed by atoms with van der Waals surface area (Å²) in [7, 11) is -3.61. The highest BCUT2D eigenvalue weighted by Gasteiger charge is 2.24. The lowest BCUT2D eigenvalue weighted by Crippen LogP contribution is -2.35. The zero-order chi connectivity index (χ0) is 20.3. The molecule has 1 heterocycles. The highest BCUT2D eigenvalue weighted by Crippen LogP contribution is 2.32. The van der Waals surface area contributed by atoms with Crippen molar-refractivity contribution >= 4 is 21.7 Å². The number of esters is 1. The Hall–Kier alpha value is -3.07. The Morgan fingerprint density at radius 3 is 2.61 bits per heavy atom. The molecule has 0 saturated carbocycles. The number of benzene rings is 2. The molecule has 1 aliphatic rings. The summed E-state index contributed by atoms with van der Waals surface area (Å²) in [5.41, 5.74) is 0.680. The van der Waals surface area contributed by atoms with Crippen molar-refractivity contribution in [2.75, 3.05) is 13.0 Å². The number of fused-ring (bicyclic) bond motifs is 1. The van der Waals surface area contributed by atoms with Crippen LogP contribution in [0.3, 0.4) is 0 Å². The van der Waals surface area contributed by atoms with Gasteiger partial charge in [0.25, 0.3) is 5.91 Å². The lowest BCUT2D eigenvalue weighted by Gasteiger charge is -2.15. The quantitative estimate of drug-likeness (QED) is 0.729. The molecule has 0 bridgehead atoms. The summed E-state index contributed by atoms with van der Waals surface area (Å²) in [6.07, 6.45) is -0.102. The van der Waals surface area contributed by atoms with Gasteiger partial charge in [0, 0.05) is 12.8 Å². The summed E-state index contributed by atoms with van der Waals surface area (Å²) >= 11 is 0. The van der Waals surface area contributed by atoms with Gasteiger partial charge in [-0.05, 0) is 36.8 Å². The van der Waals surface area contributed by atoms with Gasteiger partial charge < -0.3 is 19.5 Å². The first-order valence-electron chi connectivity index (χ1n) is 8.42. The van der Waals surface area contributed by atoms with Crippen molar-refractivity contribution in [2.24, 2.45) is 0 Å². The fraction of sp³-hybridized carbons (Fsp3) is 0.263. The van der Waals surface area contributed by atoms with Crippen molar-refractivity contribution < 1.29 is 32.2 Å². The third kappa shape index (κ3) is 4.42. The summed E-state index contributed by atoms with van der Waals surface area (Å²) < 4.78 is 39.3. The summed E-state index contributed by atoms with van der Waals surface area (Å²) in [5.74, 6) is -0.153. The topological polar surface area (TPSA) is 108 Å². The summed E-state index contributed by atoms with van der Waals surface area (Å²) in [5, 5.41) is 2.66. The minimum atomic E-state index is -3.61. The third-order valence-corrected chi connectivity index (χ3v) is 5.22. The maximum Gasteiger partial charge on any atom is 0.340 e.